The van der Waals surface area contributed by atoms with Crippen LogP contribution in [0.2, 0.25) is 0 Å². The number of nitrogens with zero attached hydrogens (tertiary/aromatic N) is 1. The number of carbonyl (C=O) groups is 2. The molecule has 0 bridgehead atoms. The minimum atomic E-state index is -0.176. The number of piperidine rings is 1. The molecule has 0 saturated carbocycles. The quantitative estimate of drug-likeness (QED) is 0.799. The van der Waals surface area contributed by atoms with Crippen LogP contribution in [0.5, 0.6) is 0 Å². The molecule has 1 heterocycles. The van der Waals surface area contributed by atoms with E-state index in [1.54, 1.807) is 11.8 Å². The van der Waals surface area contributed by atoms with Crippen LogP contribution in [0.15, 0.2) is 24.3 Å². The molecule has 0 radical (unpaired) electrons. The number of ether oxygens (including phenoxy) is 1. The molecule has 1 aromatic rings. The van der Waals surface area contributed by atoms with E-state index in [4.69, 9.17) is 4.74 Å². The van der Waals surface area contributed by atoms with Gasteiger partial charge in [-0.2, -0.15) is 0 Å². The first-order valence-corrected chi connectivity index (χ1v) is 7.60. The van der Waals surface area contributed by atoms with Crippen LogP contribution < -0.4 is 0 Å². The number of esters is 1. The van der Waals surface area contributed by atoms with Gasteiger partial charge in [0.1, 0.15) is 0 Å². The maximum Gasteiger partial charge on any atom is 0.310 e. The second kappa shape index (κ2) is 7.25. The summed E-state index contributed by atoms with van der Waals surface area (Å²) in [5.41, 5.74) is 2.20. The Morgan fingerprint density at radius 1 is 1.29 bits per heavy atom. The van der Waals surface area contributed by atoms with Crippen molar-refractivity contribution in [1.29, 1.82) is 0 Å². The van der Waals surface area contributed by atoms with E-state index >= 15 is 0 Å². The first kappa shape index (κ1) is 15.5. The van der Waals surface area contributed by atoms with Crippen molar-refractivity contribution >= 4 is 11.9 Å². The summed E-state index contributed by atoms with van der Waals surface area (Å²) in [6, 6.07) is 8.00. The summed E-state index contributed by atoms with van der Waals surface area (Å²) in [5, 5.41) is 0. The minimum Gasteiger partial charge on any atom is -0.466 e. The molecule has 0 spiro atoms. The Hall–Kier alpha value is -1.84. The van der Waals surface area contributed by atoms with Crippen LogP contribution in [0.4, 0.5) is 0 Å². The predicted molar refractivity (Wildman–Crippen MR) is 80.8 cm³/mol. The smallest absolute Gasteiger partial charge is 0.310 e. The van der Waals surface area contributed by atoms with Crippen molar-refractivity contribution in [3.63, 3.8) is 0 Å². The van der Waals surface area contributed by atoms with E-state index in [1.807, 2.05) is 31.2 Å². The van der Waals surface area contributed by atoms with E-state index in [9.17, 15) is 9.59 Å². The number of likely N-dealkylation sites (tertiary alicyclic amines) is 1. The van der Waals surface area contributed by atoms with E-state index in [0.717, 1.165) is 24.9 Å². The summed E-state index contributed by atoms with van der Waals surface area (Å²) in [7, 11) is 0. The van der Waals surface area contributed by atoms with Crippen molar-refractivity contribution < 1.29 is 14.3 Å². The van der Waals surface area contributed by atoms with Gasteiger partial charge in [-0.1, -0.05) is 29.8 Å². The molecular formula is C17H23NO3. The molecule has 1 aliphatic heterocycles. The Kier molecular flexibility index (Phi) is 5.37. The highest BCUT2D eigenvalue weighted by Gasteiger charge is 2.29. The van der Waals surface area contributed by atoms with Gasteiger partial charge >= 0.3 is 5.97 Å². The average Bonchev–Trinajstić information content (AvgIpc) is 2.50. The number of amides is 1. The van der Waals surface area contributed by atoms with E-state index in [2.05, 4.69) is 0 Å². The summed E-state index contributed by atoms with van der Waals surface area (Å²) in [6.45, 7) is 5.46. The normalized spacial score (nSPS) is 18.4. The van der Waals surface area contributed by atoms with Crippen molar-refractivity contribution in [1.82, 2.24) is 4.90 Å². The van der Waals surface area contributed by atoms with Crippen LogP contribution in [-0.4, -0.2) is 36.5 Å². The third-order valence-corrected chi connectivity index (χ3v) is 3.87. The lowest BCUT2D eigenvalue weighted by atomic mass is 9.97. The first-order chi connectivity index (χ1) is 10.1. The molecule has 1 aliphatic rings. The second-order valence-corrected chi connectivity index (χ2v) is 5.59. The molecule has 1 fully saturated rings. The van der Waals surface area contributed by atoms with Crippen LogP contribution in [0.25, 0.3) is 0 Å². The van der Waals surface area contributed by atoms with Crippen molar-refractivity contribution in [2.75, 3.05) is 19.7 Å². The highest BCUT2D eigenvalue weighted by molar-refractivity contribution is 5.80. The molecule has 21 heavy (non-hydrogen) atoms. The zero-order valence-corrected chi connectivity index (χ0v) is 12.8. The van der Waals surface area contributed by atoms with Crippen LogP contribution in [0.3, 0.4) is 0 Å². The van der Waals surface area contributed by atoms with Crippen LogP contribution in [0, 0.1) is 12.8 Å². The van der Waals surface area contributed by atoms with E-state index in [1.165, 1.54) is 5.56 Å². The largest absolute Gasteiger partial charge is 0.466 e. The zero-order chi connectivity index (χ0) is 15.2. The summed E-state index contributed by atoms with van der Waals surface area (Å²) in [6.07, 6.45) is 2.08. The number of carbonyl (C=O) groups excluding carboxylic acids is 2. The van der Waals surface area contributed by atoms with Gasteiger partial charge in [-0.25, -0.2) is 0 Å². The molecule has 1 amide bonds. The van der Waals surface area contributed by atoms with Gasteiger partial charge in [-0.3, -0.25) is 9.59 Å². The molecule has 0 aliphatic carbocycles. The molecule has 1 atom stereocenters. The number of benzene rings is 1. The molecule has 1 aromatic carbocycles. The fourth-order valence-electron chi connectivity index (χ4n) is 2.65. The summed E-state index contributed by atoms with van der Waals surface area (Å²) < 4.78 is 5.06. The highest BCUT2D eigenvalue weighted by Crippen LogP contribution is 2.19. The first-order valence-electron chi connectivity index (χ1n) is 7.60. The summed E-state index contributed by atoms with van der Waals surface area (Å²) in [5.74, 6) is -0.251. The van der Waals surface area contributed by atoms with E-state index in [-0.39, 0.29) is 17.8 Å². The van der Waals surface area contributed by atoms with Gasteiger partial charge in [-0.05, 0) is 32.3 Å². The molecule has 114 valence electrons. The molecule has 0 aromatic heterocycles. The van der Waals surface area contributed by atoms with Gasteiger partial charge < -0.3 is 9.64 Å². The van der Waals surface area contributed by atoms with Crippen LogP contribution in [0.1, 0.15) is 30.9 Å². The van der Waals surface area contributed by atoms with Crippen molar-refractivity contribution in [2.24, 2.45) is 5.92 Å². The minimum absolute atomic E-state index is 0.0906. The zero-order valence-electron chi connectivity index (χ0n) is 12.8. The van der Waals surface area contributed by atoms with Gasteiger partial charge in [-0.15, -0.1) is 0 Å². The standard InChI is InChI=1S/C17H23NO3/c1-3-21-17(20)15-5-4-10-18(12-15)16(19)11-14-8-6-13(2)7-9-14/h6-9,15H,3-5,10-12H2,1-2H3/t15-/m1/s1. The van der Waals surface area contributed by atoms with Gasteiger partial charge in [0.25, 0.3) is 0 Å². The Balaban J connectivity index is 1.92. The average molecular weight is 289 g/mol. The lowest BCUT2D eigenvalue weighted by molar-refractivity contribution is -0.151. The third kappa shape index (κ3) is 4.31. The monoisotopic (exact) mass is 289 g/mol. The van der Waals surface area contributed by atoms with Crippen molar-refractivity contribution in [2.45, 2.75) is 33.1 Å². The molecule has 2 rings (SSSR count). The molecular weight excluding hydrogens is 266 g/mol. The molecule has 4 heteroatoms. The molecule has 4 nitrogen and oxygen atoms in total. The lowest BCUT2D eigenvalue weighted by Gasteiger charge is -2.31. The molecule has 0 unspecified atom stereocenters. The Labute approximate surface area is 126 Å². The highest BCUT2D eigenvalue weighted by atomic mass is 16.5. The third-order valence-electron chi connectivity index (χ3n) is 3.87. The Morgan fingerprint density at radius 2 is 2.00 bits per heavy atom. The van der Waals surface area contributed by atoms with Crippen molar-refractivity contribution in [3.8, 4) is 0 Å². The number of rotatable bonds is 4. The van der Waals surface area contributed by atoms with Gasteiger partial charge in [0.2, 0.25) is 5.91 Å². The number of hydrogen-bond donors (Lipinski definition) is 0. The molecule has 1 saturated heterocycles. The van der Waals surface area contributed by atoms with Gasteiger partial charge in [0, 0.05) is 13.1 Å². The van der Waals surface area contributed by atoms with Gasteiger partial charge in [0.15, 0.2) is 0 Å². The topological polar surface area (TPSA) is 46.6 Å². The van der Waals surface area contributed by atoms with E-state index in [0.29, 0.717) is 19.6 Å². The maximum atomic E-state index is 12.4. The summed E-state index contributed by atoms with van der Waals surface area (Å²) in [4.78, 5) is 26.0. The second-order valence-electron chi connectivity index (χ2n) is 5.59. The summed E-state index contributed by atoms with van der Waals surface area (Å²) >= 11 is 0. The van der Waals surface area contributed by atoms with Crippen molar-refractivity contribution in [3.05, 3.63) is 35.4 Å². The van der Waals surface area contributed by atoms with Crippen LogP contribution >= 0.6 is 0 Å². The molecule has 0 N–H and O–H groups in total. The van der Waals surface area contributed by atoms with Crippen LogP contribution in [-0.2, 0) is 20.7 Å². The predicted octanol–water partition coefficient (Wildman–Crippen LogP) is 2.34. The number of aryl methyl sites for hydroxylation is 1. The number of hydrogen-bond acceptors (Lipinski definition) is 3. The van der Waals surface area contributed by atoms with Gasteiger partial charge in [0.05, 0.1) is 18.9 Å². The lowest BCUT2D eigenvalue weighted by Crippen LogP contribution is -2.43. The Bertz CT molecular complexity index is 495. The Morgan fingerprint density at radius 3 is 2.67 bits per heavy atom. The van der Waals surface area contributed by atoms with E-state index < -0.39 is 0 Å². The SMILES string of the molecule is CCOC(=O)[C@@H]1CCCN(C(=O)Cc2ccc(C)cc2)C1. The fraction of sp³-hybridized carbons (Fsp3) is 0.529. The maximum absolute atomic E-state index is 12.4. The fourth-order valence-corrected chi connectivity index (χ4v) is 2.65.